The fraction of sp³-hybridized carbons (Fsp3) is 0.417. The number of nitrogens with one attached hydrogen (secondary N) is 1. The Balaban J connectivity index is 1.59. The van der Waals surface area contributed by atoms with Crippen LogP contribution >= 0.6 is 11.3 Å². The van der Waals surface area contributed by atoms with Gasteiger partial charge in [0.25, 0.3) is 0 Å². The molecule has 180 valence electrons. The monoisotopic (exact) mass is 485 g/mol. The van der Waals surface area contributed by atoms with Crippen molar-refractivity contribution in [3.63, 3.8) is 0 Å². The minimum Gasteiger partial charge on any atom is -0.494 e. The molecule has 1 N–H and O–H groups in total. The maximum Gasteiger partial charge on any atom is 0.410 e. The quantitative estimate of drug-likeness (QED) is 0.425. The highest BCUT2D eigenvalue weighted by Gasteiger charge is 2.28. The molecule has 34 heavy (non-hydrogen) atoms. The molecule has 0 saturated carbocycles. The number of ether oxygens (including phenoxy) is 3. The van der Waals surface area contributed by atoms with E-state index in [-0.39, 0.29) is 25.5 Å². The van der Waals surface area contributed by atoms with Crippen molar-refractivity contribution >= 4 is 34.3 Å². The maximum atomic E-state index is 12.6. The van der Waals surface area contributed by atoms with E-state index in [9.17, 15) is 19.6 Å². The van der Waals surface area contributed by atoms with Crippen molar-refractivity contribution in [2.24, 2.45) is 0 Å². The van der Waals surface area contributed by atoms with E-state index in [2.05, 4.69) is 11.4 Å². The van der Waals surface area contributed by atoms with Crippen LogP contribution in [0, 0.1) is 11.3 Å². The van der Waals surface area contributed by atoms with Crippen LogP contribution in [0.15, 0.2) is 24.3 Å². The van der Waals surface area contributed by atoms with Gasteiger partial charge in [-0.25, -0.2) is 4.79 Å². The number of thiophene rings is 1. The average molecular weight is 486 g/mol. The number of hydrogen-bond donors (Lipinski definition) is 1. The Morgan fingerprint density at radius 2 is 1.97 bits per heavy atom. The molecule has 0 aliphatic carbocycles. The second-order valence-corrected chi connectivity index (χ2v) is 8.64. The number of aryl methyl sites for hydroxylation is 1. The molecule has 10 heteroatoms. The van der Waals surface area contributed by atoms with Crippen LogP contribution in [0.2, 0.25) is 0 Å². The summed E-state index contributed by atoms with van der Waals surface area (Å²) in [7, 11) is 0. The number of carbonyl (C=O) groups is 3. The lowest BCUT2D eigenvalue weighted by Gasteiger charge is -2.26. The number of para-hydroxylation sites is 1. The Morgan fingerprint density at radius 3 is 2.71 bits per heavy atom. The topological polar surface area (TPSA) is 118 Å². The summed E-state index contributed by atoms with van der Waals surface area (Å²) in [5, 5.41) is 13.1. The Kier molecular flexibility index (Phi) is 8.87. The minimum atomic E-state index is -0.511. The van der Waals surface area contributed by atoms with Gasteiger partial charge < -0.3 is 24.4 Å². The second kappa shape index (κ2) is 12.0. The molecule has 2 heterocycles. The van der Waals surface area contributed by atoms with Crippen LogP contribution in [0.1, 0.15) is 41.8 Å². The number of anilines is 1. The third kappa shape index (κ3) is 6.48. The highest BCUT2D eigenvalue weighted by atomic mass is 32.1. The number of benzene rings is 1. The van der Waals surface area contributed by atoms with E-state index >= 15 is 0 Å². The maximum absolute atomic E-state index is 12.6. The van der Waals surface area contributed by atoms with Crippen molar-refractivity contribution in [2.75, 3.05) is 31.7 Å². The SMILES string of the molecule is CCOc1ccccc1CCC(=O)Nc1sc2c(c1C#N)CCN(C(=O)OCCOC(C)=O)C2. The van der Waals surface area contributed by atoms with Crippen molar-refractivity contribution in [1.29, 1.82) is 5.26 Å². The molecular formula is C24H27N3O6S. The molecule has 3 rings (SSSR count). The van der Waals surface area contributed by atoms with Gasteiger partial charge >= 0.3 is 12.1 Å². The number of esters is 1. The van der Waals surface area contributed by atoms with Crippen molar-refractivity contribution in [3.8, 4) is 11.8 Å². The van der Waals surface area contributed by atoms with E-state index in [0.717, 1.165) is 21.8 Å². The Morgan fingerprint density at radius 1 is 1.21 bits per heavy atom. The molecule has 2 amide bonds. The Labute approximate surface area is 202 Å². The van der Waals surface area contributed by atoms with Gasteiger partial charge in [0.15, 0.2) is 0 Å². The smallest absolute Gasteiger partial charge is 0.410 e. The molecule has 1 aromatic carbocycles. The van der Waals surface area contributed by atoms with E-state index in [1.54, 1.807) is 0 Å². The van der Waals surface area contributed by atoms with Crippen molar-refractivity contribution < 1.29 is 28.6 Å². The van der Waals surface area contributed by atoms with Crippen LogP contribution in [0.3, 0.4) is 0 Å². The summed E-state index contributed by atoms with van der Waals surface area (Å²) < 4.78 is 15.5. The molecule has 0 bridgehead atoms. The predicted molar refractivity (Wildman–Crippen MR) is 126 cm³/mol. The summed E-state index contributed by atoms with van der Waals surface area (Å²) in [5.74, 6) is 0.138. The molecular weight excluding hydrogens is 458 g/mol. The van der Waals surface area contributed by atoms with Crippen molar-refractivity contribution in [3.05, 3.63) is 45.8 Å². The van der Waals surface area contributed by atoms with Crippen LogP contribution in [0.5, 0.6) is 5.75 Å². The summed E-state index contributed by atoms with van der Waals surface area (Å²) >= 11 is 1.30. The highest BCUT2D eigenvalue weighted by Crippen LogP contribution is 2.37. The number of nitriles is 1. The highest BCUT2D eigenvalue weighted by molar-refractivity contribution is 7.16. The Bertz CT molecular complexity index is 1090. The molecule has 9 nitrogen and oxygen atoms in total. The van der Waals surface area contributed by atoms with Gasteiger partial charge in [0.1, 0.15) is 30.0 Å². The van der Waals surface area contributed by atoms with Crippen molar-refractivity contribution in [1.82, 2.24) is 4.90 Å². The fourth-order valence-electron chi connectivity index (χ4n) is 3.62. The van der Waals surface area contributed by atoms with E-state index < -0.39 is 12.1 Å². The van der Waals surface area contributed by atoms with Crippen LogP contribution in [0.25, 0.3) is 0 Å². The predicted octanol–water partition coefficient (Wildman–Crippen LogP) is 3.65. The van der Waals surface area contributed by atoms with Crippen LogP contribution in [-0.2, 0) is 38.4 Å². The zero-order valence-corrected chi connectivity index (χ0v) is 20.0. The van der Waals surface area contributed by atoms with Gasteiger partial charge in [0, 0.05) is 24.8 Å². The van der Waals surface area contributed by atoms with E-state index in [1.165, 1.54) is 23.2 Å². The summed E-state index contributed by atoms with van der Waals surface area (Å²) in [4.78, 5) is 38.1. The number of nitrogens with zero attached hydrogens (tertiary/aromatic N) is 2. The largest absolute Gasteiger partial charge is 0.494 e. The number of hydrogen-bond acceptors (Lipinski definition) is 8. The molecule has 0 atom stereocenters. The van der Waals surface area contributed by atoms with Crippen molar-refractivity contribution in [2.45, 2.75) is 39.7 Å². The van der Waals surface area contributed by atoms with Gasteiger partial charge in [0.05, 0.1) is 18.7 Å². The zero-order chi connectivity index (χ0) is 24.5. The van der Waals surface area contributed by atoms with Gasteiger partial charge in [0.2, 0.25) is 5.91 Å². The summed E-state index contributed by atoms with van der Waals surface area (Å²) in [6, 6.07) is 9.81. The van der Waals surface area contributed by atoms with Gasteiger partial charge in [-0.15, -0.1) is 11.3 Å². The summed E-state index contributed by atoms with van der Waals surface area (Å²) in [6.07, 6.45) is 0.745. The lowest BCUT2D eigenvalue weighted by molar-refractivity contribution is -0.142. The molecule has 1 aliphatic heterocycles. The minimum absolute atomic E-state index is 0.00295. The fourth-order valence-corrected chi connectivity index (χ4v) is 4.85. The molecule has 0 spiro atoms. The molecule has 1 aliphatic rings. The molecule has 0 fully saturated rings. The first-order chi connectivity index (χ1) is 16.4. The molecule has 0 unspecified atom stereocenters. The van der Waals surface area contributed by atoms with E-state index in [4.69, 9.17) is 14.2 Å². The molecule has 1 aromatic heterocycles. The first kappa shape index (κ1) is 25.1. The second-order valence-electron chi connectivity index (χ2n) is 7.53. The number of amides is 2. The first-order valence-corrected chi connectivity index (χ1v) is 11.8. The van der Waals surface area contributed by atoms with Gasteiger partial charge in [-0.1, -0.05) is 18.2 Å². The average Bonchev–Trinajstić information content (AvgIpc) is 3.17. The summed E-state index contributed by atoms with van der Waals surface area (Å²) in [6.45, 7) is 4.41. The van der Waals surface area contributed by atoms with Gasteiger partial charge in [-0.3, -0.25) is 9.59 Å². The number of carbonyl (C=O) groups excluding carboxylic acids is 3. The van der Waals surface area contributed by atoms with Gasteiger partial charge in [-0.2, -0.15) is 5.26 Å². The molecule has 2 aromatic rings. The third-order valence-electron chi connectivity index (χ3n) is 5.19. The summed E-state index contributed by atoms with van der Waals surface area (Å²) in [5.41, 5.74) is 2.26. The normalized spacial score (nSPS) is 12.3. The third-order valence-corrected chi connectivity index (χ3v) is 6.32. The van der Waals surface area contributed by atoms with Crippen LogP contribution < -0.4 is 10.1 Å². The molecule has 0 saturated heterocycles. The van der Waals surface area contributed by atoms with Crippen LogP contribution in [0.4, 0.5) is 9.80 Å². The Hall–Kier alpha value is -3.58. The van der Waals surface area contributed by atoms with E-state index in [0.29, 0.717) is 43.1 Å². The first-order valence-electron chi connectivity index (χ1n) is 11.0. The zero-order valence-electron chi connectivity index (χ0n) is 19.2. The number of rotatable bonds is 9. The lowest BCUT2D eigenvalue weighted by atomic mass is 10.0. The van der Waals surface area contributed by atoms with E-state index in [1.807, 2.05) is 31.2 Å². The standard InChI is InChI=1S/C24H27N3O6S/c1-3-31-20-7-5-4-6-17(20)8-9-22(29)26-23-19(14-25)18-10-11-27(15-21(18)34-23)24(30)33-13-12-32-16(2)28/h4-7H,3,8-13,15H2,1-2H3,(H,26,29). The number of fused-ring (bicyclic) bond motifs is 1. The van der Waals surface area contributed by atoms with Gasteiger partial charge in [-0.05, 0) is 37.0 Å². The lowest BCUT2D eigenvalue weighted by Crippen LogP contribution is -2.36. The molecule has 0 radical (unpaired) electrons. The van der Waals surface area contributed by atoms with Crippen LogP contribution in [-0.4, -0.2) is 49.2 Å².